The number of aromatic nitrogens is 2. The van der Waals surface area contributed by atoms with Crippen molar-refractivity contribution in [2.24, 2.45) is 5.92 Å². The molecule has 1 aromatic heterocycles. The summed E-state index contributed by atoms with van der Waals surface area (Å²) in [6, 6.07) is 19.2. The highest BCUT2D eigenvalue weighted by Gasteiger charge is 2.28. The van der Waals surface area contributed by atoms with Gasteiger partial charge in [-0.05, 0) is 55.7 Å². The normalized spacial score (nSPS) is 11.9. The van der Waals surface area contributed by atoms with Crippen LogP contribution in [0.5, 0.6) is 5.75 Å². The van der Waals surface area contributed by atoms with E-state index in [4.69, 9.17) is 9.72 Å². The van der Waals surface area contributed by atoms with Crippen LogP contribution in [0.3, 0.4) is 0 Å². The summed E-state index contributed by atoms with van der Waals surface area (Å²) in [5.74, 6) is 0.666. The van der Waals surface area contributed by atoms with Crippen molar-refractivity contribution in [3.05, 3.63) is 94.8 Å². The van der Waals surface area contributed by atoms with Crippen LogP contribution in [-0.2, 0) is 0 Å². The molecule has 1 heterocycles. The van der Waals surface area contributed by atoms with E-state index in [1.165, 1.54) is 23.8 Å². The monoisotopic (exact) mass is 502 g/mol. The average molecular weight is 503 g/mol. The number of carbonyl (C=O) groups excluding carboxylic acids is 1. The lowest BCUT2D eigenvalue weighted by Gasteiger charge is -2.31. The minimum Gasteiger partial charge on any atom is -0.495 e. The van der Waals surface area contributed by atoms with Crippen LogP contribution in [0.2, 0.25) is 0 Å². The Labute approximate surface area is 215 Å². The van der Waals surface area contributed by atoms with Crippen molar-refractivity contribution in [3.63, 3.8) is 0 Å². The number of halogens is 1. The van der Waals surface area contributed by atoms with E-state index in [2.05, 4.69) is 19.2 Å². The first-order chi connectivity index (χ1) is 17.8. The Balaban J connectivity index is 1.87. The van der Waals surface area contributed by atoms with Crippen LogP contribution in [0.15, 0.2) is 77.6 Å². The molecule has 1 atom stereocenters. The first kappa shape index (κ1) is 25.9. The third-order valence-electron chi connectivity index (χ3n) is 6.29. The summed E-state index contributed by atoms with van der Waals surface area (Å²) < 4.78 is 21.4. The van der Waals surface area contributed by atoms with E-state index in [9.17, 15) is 14.0 Å². The van der Waals surface area contributed by atoms with E-state index in [0.717, 1.165) is 0 Å². The van der Waals surface area contributed by atoms with Crippen LogP contribution >= 0.6 is 0 Å². The number of anilines is 1. The fourth-order valence-corrected chi connectivity index (χ4v) is 4.23. The first-order valence-electron chi connectivity index (χ1n) is 12.3. The minimum absolute atomic E-state index is 0.0860. The fourth-order valence-electron chi connectivity index (χ4n) is 4.23. The number of nitrogens with zero attached hydrogens (tertiary/aromatic N) is 3. The zero-order valence-corrected chi connectivity index (χ0v) is 21.4. The standard InChI is InChI=1S/C29H31FN4O3/c1-19(2)17-18-33(29(36)32-24-14-8-6-12-22(24)30)20(3)27-31-23-13-7-5-11-21(23)28(35)34(27)25-15-9-10-16-26(25)37-4/h5-16,19-20H,17-18H2,1-4H3,(H,32,36). The third-order valence-corrected chi connectivity index (χ3v) is 6.29. The van der Waals surface area contributed by atoms with Crippen LogP contribution < -0.4 is 15.6 Å². The highest BCUT2D eigenvalue weighted by atomic mass is 19.1. The van der Waals surface area contributed by atoms with Gasteiger partial charge in [-0.3, -0.25) is 9.36 Å². The fraction of sp³-hybridized carbons (Fsp3) is 0.276. The number of fused-ring (bicyclic) bond motifs is 1. The van der Waals surface area contributed by atoms with Gasteiger partial charge in [0, 0.05) is 6.54 Å². The van der Waals surface area contributed by atoms with E-state index in [-0.39, 0.29) is 11.2 Å². The topological polar surface area (TPSA) is 76.5 Å². The second-order valence-corrected chi connectivity index (χ2v) is 9.26. The molecule has 2 amide bonds. The molecule has 1 unspecified atom stereocenters. The van der Waals surface area contributed by atoms with Crippen molar-refractivity contribution in [1.82, 2.24) is 14.5 Å². The molecule has 192 valence electrons. The Kier molecular flexibility index (Phi) is 7.86. The van der Waals surface area contributed by atoms with Crippen molar-refractivity contribution in [2.75, 3.05) is 19.0 Å². The smallest absolute Gasteiger partial charge is 0.322 e. The second kappa shape index (κ2) is 11.2. The number of amides is 2. The summed E-state index contributed by atoms with van der Waals surface area (Å²) in [4.78, 5) is 33.8. The van der Waals surface area contributed by atoms with Crippen molar-refractivity contribution >= 4 is 22.6 Å². The number of rotatable bonds is 8. The Hall–Kier alpha value is -4.20. The average Bonchev–Trinajstić information content (AvgIpc) is 2.90. The second-order valence-electron chi connectivity index (χ2n) is 9.26. The molecule has 1 N–H and O–H groups in total. The van der Waals surface area contributed by atoms with Crippen LogP contribution in [0.25, 0.3) is 16.6 Å². The van der Waals surface area contributed by atoms with Gasteiger partial charge in [0.1, 0.15) is 17.4 Å². The number of methoxy groups -OCH3 is 1. The summed E-state index contributed by atoms with van der Waals surface area (Å²) >= 11 is 0. The SMILES string of the molecule is COc1ccccc1-n1c(C(C)N(CCC(C)C)C(=O)Nc2ccccc2F)nc2ccccc2c1=O. The Bertz CT molecular complexity index is 1470. The largest absolute Gasteiger partial charge is 0.495 e. The summed E-state index contributed by atoms with van der Waals surface area (Å²) in [5, 5.41) is 3.14. The summed E-state index contributed by atoms with van der Waals surface area (Å²) in [5.41, 5.74) is 0.866. The lowest BCUT2D eigenvalue weighted by atomic mass is 10.1. The molecule has 37 heavy (non-hydrogen) atoms. The van der Waals surface area contributed by atoms with Crippen molar-refractivity contribution in [3.8, 4) is 11.4 Å². The number of benzene rings is 3. The number of carbonyl (C=O) groups is 1. The minimum atomic E-state index is -0.632. The molecule has 8 heteroatoms. The summed E-state index contributed by atoms with van der Waals surface area (Å²) in [6.45, 7) is 6.34. The highest BCUT2D eigenvalue weighted by molar-refractivity contribution is 5.89. The molecule has 0 bridgehead atoms. The zero-order chi connectivity index (χ0) is 26.5. The molecule has 0 aliphatic rings. The van der Waals surface area contributed by atoms with Gasteiger partial charge in [-0.1, -0.05) is 50.2 Å². The van der Waals surface area contributed by atoms with Gasteiger partial charge in [-0.25, -0.2) is 14.2 Å². The molecule has 0 aliphatic heterocycles. The maximum Gasteiger partial charge on any atom is 0.322 e. The zero-order valence-electron chi connectivity index (χ0n) is 21.4. The molecule has 3 aromatic carbocycles. The third kappa shape index (κ3) is 5.48. The maximum absolute atomic E-state index is 14.3. The van der Waals surface area contributed by atoms with Crippen molar-refractivity contribution < 1.29 is 13.9 Å². The molecule has 0 saturated carbocycles. The van der Waals surface area contributed by atoms with Gasteiger partial charge >= 0.3 is 6.03 Å². The van der Waals surface area contributed by atoms with Gasteiger partial charge in [0.25, 0.3) is 5.56 Å². The van der Waals surface area contributed by atoms with Gasteiger partial charge in [0.15, 0.2) is 0 Å². The highest BCUT2D eigenvalue weighted by Crippen LogP contribution is 2.28. The predicted molar refractivity (Wildman–Crippen MR) is 144 cm³/mol. The first-order valence-corrected chi connectivity index (χ1v) is 12.3. The molecule has 0 fully saturated rings. The Morgan fingerprint density at radius 2 is 1.70 bits per heavy atom. The summed E-state index contributed by atoms with van der Waals surface area (Å²) in [7, 11) is 1.54. The number of nitrogens with one attached hydrogen (secondary N) is 1. The van der Waals surface area contributed by atoms with E-state index in [0.29, 0.717) is 47.0 Å². The Morgan fingerprint density at radius 1 is 1.03 bits per heavy atom. The van der Waals surface area contributed by atoms with Gasteiger partial charge in [-0.15, -0.1) is 0 Å². The van der Waals surface area contributed by atoms with Crippen molar-refractivity contribution in [2.45, 2.75) is 33.2 Å². The van der Waals surface area contributed by atoms with Crippen LogP contribution in [0.4, 0.5) is 14.9 Å². The van der Waals surface area contributed by atoms with Gasteiger partial charge in [0.05, 0.1) is 35.4 Å². The molecular formula is C29H31FN4O3. The van der Waals surface area contributed by atoms with Crippen LogP contribution in [-0.4, -0.2) is 34.1 Å². The quantitative estimate of drug-likeness (QED) is 0.312. The lowest BCUT2D eigenvalue weighted by Crippen LogP contribution is -2.41. The van der Waals surface area contributed by atoms with Gasteiger partial charge < -0.3 is 15.0 Å². The molecule has 0 radical (unpaired) electrons. The molecule has 7 nitrogen and oxygen atoms in total. The molecule has 0 saturated heterocycles. The van der Waals surface area contributed by atoms with E-state index < -0.39 is 17.9 Å². The van der Waals surface area contributed by atoms with Gasteiger partial charge in [0.2, 0.25) is 0 Å². The van der Waals surface area contributed by atoms with Crippen LogP contribution in [0, 0.1) is 11.7 Å². The number of para-hydroxylation sites is 4. The molecule has 0 spiro atoms. The molecular weight excluding hydrogens is 471 g/mol. The maximum atomic E-state index is 14.3. The number of hydrogen-bond donors (Lipinski definition) is 1. The number of ether oxygens (including phenoxy) is 1. The Morgan fingerprint density at radius 3 is 2.43 bits per heavy atom. The van der Waals surface area contributed by atoms with Crippen LogP contribution in [0.1, 0.15) is 39.1 Å². The summed E-state index contributed by atoms with van der Waals surface area (Å²) in [6.07, 6.45) is 0.710. The number of hydrogen-bond acceptors (Lipinski definition) is 4. The van der Waals surface area contributed by atoms with Gasteiger partial charge in [-0.2, -0.15) is 0 Å². The molecule has 0 aliphatic carbocycles. The van der Waals surface area contributed by atoms with E-state index >= 15 is 0 Å². The van der Waals surface area contributed by atoms with E-state index in [1.54, 1.807) is 47.4 Å². The predicted octanol–water partition coefficient (Wildman–Crippen LogP) is 6.17. The molecule has 4 rings (SSSR count). The molecule has 4 aromatic rings. The lowest BCUT2D eigenvalue weighted by molar-refractivity contribution is 0.185. The number of urea groups is 1. The van der Waals surface area contributed by atoms with E-state index in [1.807, 2.05) is 25.1 Å². The van der Waals surface area contributed by atoms with Crippen molar-refractivity contribution in [1.29, 1.82) is 0 Å².